The molecule has 4 heteroatoms. The fourth-order valence-electron chi connectivity index (χ4n) is 2.62. The van der Waals surface area contributed by atoms with E-state index in [1.54, 1.807) is 11.3 Å². The van der Waals surface area contributed by atoms with Gasteiger partial charge < -0.3 is 5.11 Å². The van der Waals surface area contributed by atoms with Crippen LogP contribution in [-0.4, -0.2) is 28.1 Å². The van der Waals surface area contributed by atoms with Crippen LogP contribution in [0.25, 0.3) is 0 Å². The summed E-state index contributed by atoms with van der Waals surface area (Å²) in [6.45, 7) is 7.16. The van der Waals surface area contributed by atoms with Gasteiger partial charge in [0, 0.05) is 23.0 Å². The number of carbonyl (C=O) groups is 1. The van der Waals surface area contributed by atoms with Crippen LogP contribution in [0.1, 0.15) is 51.0 Å². The summed E-state index contributed by atoms with van der Waals surface area (Å²) < 4.78 is 0. The van der Waals surface area contributed by atoms with Gasteiger partial charge in [-0.05, 0) is 51.0 Å². The van der Waals surface area contributed by atoms with Crippen molar-refractivity contribution in [2.75, 3.05) is 6.54 Å². The number of hydrogen-bond donors (Lipinski definition) is 1. The van der Waals surface area contributed by atoms with Gasteiger partial charge >= 0.3 is 5.97 Å². The normalized spacial score (nSPS) is 17.7. The molecule has 1 aliphatic rings. The minimum absolute atomic E-state index is 0.00725. The Labute approximate surface area is 119 Å². The molecule has 19 heavy (non-hydrogen) atoms. The molecule has 1 N–H and O–H groups in total. The largest absolute Gasteiger partial charge is 0.481 e. The van der Waals surface area contributed by atoms with Crippen LogP contribution in [0, 0.1) is 5.92 Å². The maximum atomic E-state index is 10.9. The average molecular weight is 281 g/mol. The van der Waals surface area contributed by atoms with Gasteiger partial charge in [-0.3, -0.25) is 9.69 Å². The van der Waals surface area contributed by atoms with Crippen molar-refractivity contribution in [3.05, 3.63) is 22.4 Å². The second-order valence-corrected chi connectivity index (χ2v) is 7.28. The van der Waals surface area contributed by atoms with E-state index in [1.165, 1.54) is 17.7 Å². The molecule has 1 saturated carbocycles. The van der Waals surface area contributed by atoms with Crippen molar-refractivity contribution in [3.63, 3.8) is 0 Å². The van der Waals surface area contributed by atoms with Crippen LogP contribution in [-0.2, 0) is 4.79 Å². The summed E-state index contributed by atoms with van der Waals surface area (Å²) in [6.07, 6.45) is 2.75. The van der Waals surface area contributed by atoms with E-state index in [4.69, 9.17) is 5.11 Å². The van der Waals surface area contributed by atoms with Crippen molar-refractivity contribution in [1.29, 1.82) is 0 Å². The lowest BCUT2D eigenvalue weighted by Gasteiger charge is -2.41. The Morgan fingerprint density at radius 2 is 2.21 bits per heavy atom. The molecule has 0 amide bonds. The van der Waals surface area contributed by atoms with Crippen LogP contribution in [0.4, 0.5) is 0 Å². The van der Waals surface area contributed by atoms with Crippen LogP contribution >= 0.6 is 11.3 Å². The van der Waals surface area contributed by atoms with Gasteiger partial charge in [-0.15, -0.1) is 11.3 Å². The van der Waals surface area contributed by atoms with Gasteiger partial charge in [0.15, 0.2) is 0 Å². The molecule has 1 fully saturated rings. The topological polar surface area (TPSA) is 40.5 Å². The zero-order valence-electron chi connectivity index (χ0n) is 11.9. The van der Waals surface area contributed by atoms with Crippen LogP contribution in [0.5, 0.6) is 0 Å². The molecule has 1 atom stereocenters. The lowest BCUT2D eigenvalue weighted by atomic mass is 9.98. The van der Waals surface area contributed by atoms with Crippen molar-refractivity contribution in [1.82, 2.24) is 4.90 Å². The summed E-state index contributed by atoms with van der Waals surface area (Å²) in [4.78, 5) is 14.7. The molecular weight excluding hydrogens is 258 g/mol. The Bertz CT molecular complexity index is 418. The number of carboxylic acids is 1. The third kappa shape index (κ3) is 3.80. The highest BCUT2D eigenvalue weighted by atomic mass is 32.1. The predicted molar refractivity (Wildman–Crippen MR) is 78.5 cm³/mol. The highest BCUT2D eigenvalue weighted by Gasteiger charge is 2.40. The van der Waals surface area contributed by atoms with E-state index in [2.05, 4.69) is 43.2 Å². The Morgan fingerprint density at radius 1 is 1.53 bits per heavy atom. The molecule has 2 rings (SSSR count). The van der Waals surface area contributed by atoms with Crippen molar-refractivity contribution >= 4 is 17.3 Å². The first-order valence-electron chi connectivity index (χ1n) is 6.91. The van der Waals surface area contributed by atoms with Crippen LogP contribution < -0.4 is 0 Å². The van der Waals surface area contributed by atoms with Crippen molar-refractivity contribution in [3.8, 4) is 0 Å². The van der Waals surface area contributed by atoms with E-state index in [-0.39, 0.29) is 12.0 Å². The lowest BCUT2D eigenvalue weighted by Crippen LogP contribution is -2.45. The van der Waals surface area contributed by atoms with Crippen LogP contribution in [0.15, 0.2) is 17.5 Å². The van der Waals surface area contributed by atoms with Gasteiger partial charge in [0.2, 0.25) is 0 Å². The van der Waals surface area contributed by atoms with E-state index in [9.17, 15) is 4.79 Å². The standard InChI is InChI=1S/C15H23NO2S/c1-15(2,3)16(9-8-13(17)18)14(11-6-7-11)12-5-4-10-19-12/h4-5,10-11,14H,6-9H2,1-3H3,(H,17,18). The summed E-state index contributed by atoms with van der Waals surface area (Å²) in [5, 5.41) is 11.1. The molecule has 0 spiro atoms. The number of thiophene rings is 1. The first kappa shape index (κ1) is 14.5. The monoisotopic (exact) mass is 281 g/mol. The summed E-state index contributed by atoms with van der Waals surface area (Å²) in [5.74, 6) is -0.0124. The molecule has 0 saturated heterocycles. The predicted octanol–water partition coefficient (Wildman–Crippen LogP) is 3.77. The number of hydrogen-bond acceptors (Lipinski definition) is 3. The number of aliphatic carboxylic acids is 1. The highest BCUT2D eigenvalue weighted by molar-refractivity contribution is 7.10. The van der Waals surface area contributed by atoms with Gasteiger partial charge in [-0.2, -0.15) is 0 Å². The Kier molecular flexibility index (Phi) is 4.31. The number of carboxylic acid groups (broad SMARTS) is 1. The molecule has 1 heterocycles. The Morgan fingerprint density at radius 3 is 2.63 bits per heavy atom. The fourth-order valence-corrected chi connectivity index (χ4v) is 3.55. The molecule has 0 aliphatic heterocycles. The van der Waals surface area contributed by atoms with Gasteiger partial charge in [0.1, 0.15) is 0 Å². The van der Waals surface area contributed by atoms with Crippen molar-refractivity contribution < 1.29 is 9.90 Å². The van der Waals surface area contributed by atoms with Crippen molar-refractivity contribution in [2.24, 2.45) is 5.92 Å². The Balaban J connectivity index is 2.21. The van der Waals surface area contributed by atoms with Crippen LogP contribution in [0.3, 0.4) is 0 Å². The third-order valence-corrected chi connectivity index (χ3v) is 4.61. The second-order valence-electron chi connectivity index (χ2n) is 6.31. The molecule has 106 valence electrons. The minimum Gasteiger partial charge on any atom is -0.481 e. The molecule has 1 unspecified atom stereocenters. The quantitative estimate of drug-likeness (QED) is 0.862. The lowest BCUT2D eigenvalue weighted by molar-refractivity contribution is -0.137. The second kappa shape index (κ2) is 5.63. The zero-order chi connectivity index (χ0) is 14.0. The molecule has 0 aromatic carbocycles. The number of nitrogens with zero attached hydrogens (tertiary/aromatic N) is 1. The summed E-state index contributed by atoms with van der Waals surface area (Å²) >= 11 is 1.79. The summed E-state index contributed by atoms with van der Waals surface area (Å²) in [6, 6.07) is 4.67. The molecule has 1 aliphatic carbocycles. The molecule has 1 aromatic rings. The summed E-state index contributed by atoms with van der Waals surface area (Å²) in [5.41, 5.74) is -0.00725. The molecule has 0 radical (unpaired) electrons. The van der Waals surface area contributed by atoms with Crippen molar-refractivity contribution in [2.45, 2.75) is 51.6 Å². The van der Waals surface area contributed by atoms with E-state index < -0.39 is 5.97 Å². The molecule has 3 nitrogen and oxygen atoms in total. The third-order valence-electron chi connectivity index (χ3n) is 3.67. The van der Waals surface area contributed by atoms with Gasteiger partial charge in [-0.25, -0.2) is 0 Å². The molecule has 1 aromatic heterocycles. The number of rotatable bonds is 6. The van der Waals surface area contributed by atoms with E-state index >= 15 is 0 Å². The molecule has 0 bridgehead atoms. The average Bonchev–Trinajstić information content (AvgIpc) is 2.97. The summed E-state index contributed by atoms with van der Waals surface area (Å²) in [7, 11) is 0. The SMILES string of the molecule is CC(C)(C)N(CCC(=O)O)C(c1cccs1)C1CC1. The maximum Gasteiger partial charge on any atom is 0.304 e. The zero-order valence-corrected chi connectivity index (χ0v) is 12.7. The highest BCUT2D eigenvalue weighted by Crippen LogP contribution is 2.47. The van der Waals surface area contributed by atoms with E-state index in [1.807, 2.05) is 0 Å². The maximum absolute atomic E-state index is 10.9. The van der Waals surface area contributed by atoms with E-state index in [0.29, 0.717) is 18.5 Å². The smallest absolute Gasteiger partial charge is 0.304 e. The van der Waals surface area contributed by atoms with E-state index in [0.717, 1.165) is 0 Å². The first-order valence-corrected chi connectivity index (χ1v) is 7.79. The van der Waals surface area contributed by atoms with Crippen LogP contribution in [0.2, 0.25) is 0 Å². The van der Waals surface area contributed by atoms with Gasteiger partial charge in [0.25, 0.3) is 0 Å². The fraction of sp³-hybridized carbons (Fsp3) is 0.667. The Hall–Kier alpha value is -0.870. The van der Waals surface area contributed by atoms with Gasteiger partial charge in [-0.1, -0.05) is 6.07 Å². The minimum atomic E-state index is -0.713. The van der Waals surface area contributed by atoms with Gasteiger partial charge in [0.05, 0.1) is 6.42 Å². The molecular formula is C15H23NO2S. The first-order chi connectivity index (χ1) is 8.89.